The van der Waals surface area contributed by atoms with Crippen molar-refractivity contribution in [1.29, 1.82) is 0 Å². The Bertz CT molecular complexity index is 1030. The summed E-state index contributed by atoms with van der Waals surface area (Å²) < 4.78 is 15.1. The SMILES string of the molecule is COC(=O)[C@H](C)NC(=O)CC[C@@H](NC(=O)[C@@H](C)[C@@H](N)/C=C/C(C)=C/[C@H](C)[C@H](Cc1ccccc1)OC)C(=O)OC. The van der Waals surface area contributed by atoms with E-state index in [1.54, 1.807) is 20.1 Å². The average molecular weight is 560 g/mol. The highest BCUT2D eigenvalue weighted by Crippen LogP contribution is 2.17. The van der Waals surface area contributed by atoms with Crippen molar-refractivity contribution in [3.05, 3.63) is 59.7 Å². The second-order valence-electron chi connectivity index (χ2n) is 9.89. The predicted octanol–water partition coefficient (Wildman–Crippen LogP) is 2.46. The first-order chi connectivity index (χ1) is 18.9. The Morgan fingerprint density at radius 3 is 2.15 bits per heavy atom. The van der Waals surface area contributed by atoms with Crippen molar-refractivity contribution in [3.63, 3.8) is 0 Å². The second-order valence-corrected chi connectivity index (χ2v) is 9.89. The number of hydrogen-bond donors (Lipinski definition) is 3. The minimum atomic E-state index is -1.05. The zero-order chi connectivity index (χ0) is 30.2. The summed E-state index contributed by atoms with van der Waals surface area (Å²) in [5.41, 5.74) is 8.44. The number of nitrogens with two attached hydrogens (primary N) is 1. The fourth-order valence-corrected chi connectivity index (χ4v) is 4.03. The summed E-state index contributed by atoms with van der Waals surface area (Å²) >= 11 is 0. The summed E-state index contributed by atoms with van der Waals surface area (Å²) in [4.78, 5) is 48.8. The van der Waals surface area contributed by atoms with Gasteiger partial charge in [0.2, 0.25) is 11.8 Å². The van der Waals surface area contributed by atoms with E-state index in [-0.39, 0.29) is 24.9 Å². The summed E-state index contributed by atoms with van der Waals surface area (Å²) in [6, 6.07) is 7.65. The maximum Gasteiger partial charge on any atom is 0.328 e. The maximum absolute atomic E-state index is 12.9. The molecule has 0 bridgehead atoms. The smallest absolute Gasteiger partial charge is 0.328 e. The molecule has 0 saturated carbocycles. The van der Waals surface area contributed by atoms with E-state index in [0.717, 1.165) is 12.0 Å². The number of methoxy groups -OCH3 is 3. The Balaban J connectivity index is 2.73. The van der Waals surface area contributed by atoms with Crippen molar-refractivity contribution in [2.24, 2.45) is 17.6 Å². The van der Waals surface area contributed by atoms with Gasteiger partial charge >= 0.3 is 11.9 Å². The van der Waals surface area contributed by atoms with Gasteiger partial charge in [-0.2, -0.15) is 0 Å². The van der Waals surface area contributed by atoms with Crippen LogP contribution in [0.15, 0.2) is 54.1 Å². The molecule has 6 atom stereocenters. The molecule has 0 aliphatic heterocycles. The quantitative estimate of drug-likeness (QED) is 0.207. The zero-order valence-corrected chi connectivity index (χ0v) is 24.6. The lowest BCUT2D eigenvalue weighted by Gasteiger charge is -2.22. The molecule has 0 aliphatic carbocycles. The number of rotatable bonds is 16. The van der Waals surface area contributed by atoms with Crippen LogP contribution in [0.3, 0.4) is 0 Å². The lowest BCUT2D eigenvalue weighted by atomic mass is 9.95. The summed E-state index contributed by atoms with van der Waals surface area (Å²) in [5.74, 6) is -2.72. The van der Waals surface area contributed by atoms with E-state index >= 15 is 0 Å². The summed E-state index contributed by atoms with van der Waals surface area (Å²) in [6.45, 7) is 7.19. The Morgan fingerprint density at radius 1 is 0.950 bits per heavy atom. The Kier molecular flexibility index (Phi) is 15.5. The van der Waals surface area contributed by atoms with Crippen LogP contribution in [0.25, 0.3) is 0 Å². The van der Waals surface area contributed by atoms with E-state index in [4.69, 9.17) is 15.2 Å². The van der Waals surface area contributed by atoms with E-state index in [1.165, 1.54) is 26.7 Å². The number of hydrogen-bond acceptors (Lipinski definition) is 8. The molecule has 0 aromatic heterocycles. The molecule has 0 unspecified atom stereocenters. The third-order valence-electron chi connectivity index (χ3n) is 6.66. The molecule has 4 N–H and O–H groups in total. The molecule has 1 aromatic carbocycles. The van der Waals surface area contributed by atoms with Crippen molar-refractivity contribution in [1.82, 2.24) is 10.6 Å². The van der Waals surface area contributed by atoms with Crippen LogP contribution in [-0.2, 0) is 39.8 Å². The van der Waals surface area contributed by atoms with E-state index in [2.05, 4.69) is 40.5 Å². The standard InChI is InChI=1S/C30H45N3O7/c1-19(17-20(2)26(38-5)18-23-11-9-8-10-12-23)13-14-24(31)21(3)28(35)33-25(30(37)40-7)15-16-27(34)32-22(4)29(36)39-6/h8-14,17,20-22,24-26H,15-16,18,31H2,1-7H3,(H,32,34)(H,33,35)/b14-13+,19-17+/t20-,21-,22-,24-,25+,26-/m0/s1. The van der Waals surface area contributed by atoms with Crippen LogP contribution in [-0.4, -0.2) is 69.3 Å². The van der Waals surface area contributed by atoms with Crippen molar-refractivity contribution < 1.29 is 33.4 Å². The molecule has 2 amide bonds. The summed E-state index contributed by atoms with van der Waals surface area (Å²) in [6.07, 6.45) is 6.38. The van der Waals surface area contributed by atoms with Gasteiger partial charge in [-0.3, -0.25) is 9.59 Å². The number of carbonyl (C=O) groups excluding carboxylic acids is 4. The predicted molar refractivity (Wildman–Crippen MR) is 153 cm³/mol. The number of esters is 2. The summed E-state index contributed by atoms with van der Waals surface area (Å²) in [7, 11) is 4.12. The van der Waals surface area contributed by atoms with E-state index in [9.17, 15) is 19.2 Å². The molecular weight excluding hydrogens is 514 g/mol. The number of carbonyl (C=O) groups is 4. The van der Waals surface area contributed by atoms with Crippen LogP contribution in [0.1, 0.15) is 46.1 Å². The molecule has 1 aromatic rings. The van der Waals surface area contributed by atoms with Crippen molar-refractivity contribution in [3.8, 4) is 0 Å². The van der Waals surface area contributed by atoms with Gasteiger partial charge in [0.25, 0.3) is 0 Å². The van der Waals surface area contributed by atoms with E-state index in [0.29, 0.717) is 0 Å². The van der Waals surface area contributed by atoms with Gasteiger partial charge < -0.3 is 30.6 Å². The Morgan fingerprint density at radius 2 is 1.57 bits per heavy atom. The molecule has 0 aliphatic rings. The van der Waals surface area contributed by atoms with Gasteiger partial charge in [0.1, 0.15) is 12.1 Å². The highest BCUT2D eigenvalue weighted by atomic mass is 16.5. The minimum Gasteiger partial charge on any atom is -0.467 e. The number of allylic oxidation sites excluding steroid dienone is 2. The number of ether oxygens (including phenoxy) is 3. The third kappa shape index (κ3) is 12.1. The van der Waals surface area contributed by atoms with Crippen LogP contribution >= 0.6 is 0 Å². The summed E-state index contributed by atoms with van der Waals surface area (Å²) in [5, 5.41) is 5.11. The minimum absolute atomic E-state index is 0.00476. The zero-order valence-electron chi connectivity index (χ0n) is 24.6. The maximum atomic E-state index is 12.9. The molecule has 1 rings (SSSR count). The molecule has 0 heterocycles. The van der Waals surface area contributed by atoms with Gasteiger partial charge in [0, 0.05) is 25.5 Å². The van der Waals surface area contributed by atoms with Gasteiger partial charge in [0.15, 0.2) is 0 Å². The molecular formula is C30H45N3O7. The van der Waals surface area contributed by atoms with Crippen LogP contribution in [0, 0.1) is 11.8 Å². The first kappa shape index (κ1) is 34.5. The first-order valence-corrected chi connectivity index (χ1v) is 13.4. The topological polar surface area (TPSA) is 146 Å². The molecule has 10 heteroatoms. The van der Waals surface area contributed by atoms with E-state index in [1.807, 2.05) is 31.2 Å². The molecule has 40 heavy (non-hydrogen) atoms. The van der Waals surface area contributed by atoms with Crippen molar-refractivity contribution >= 4 is 23.8 Å². The lowest BCUT2D eigenvalue weighted by molar-refractivity contribution is -0.146. The van der Waals surface area contributed by atoms with Gasteiger partial charge in [0.05, 0.1) is 26.2 Å². The monoisotopic (exact) mass is 559 g/mol. The number of amides is 2. The molecule has 0 fully saturated rings. The van der Waals surface area contributed by atoms with Crippen LogP contribution < -0.4 is 16.4 Å². The Hall–Kier alpha value is -3.50. The van der Waals surface area contributed by atoms with Crippen molar-refractivity contribution in [2.45, 2.75) is 71.2 Å². The van der Waals surface area contributed by atoms with Gasteiger partial charge in [-0.25, -0.2) is 9.59 Å². The van der Waals surface area contributed by atoms with Crippen LogP contribution in [0.5, 0.6) is 0 Å². The number of nitrogens with one attached hydrogen (secondary N) is 2. The van der Waals surface area contributed by atoms with Gasteiger partial charge in [-0.15, -0.1) is 0 Å². The van der Waals surface area contributed by atoms with Crippen LogP contribution in [0.4, 0.5) is 0 Å². The molecule has 0 spiro atoms. The average Bonchev–Trinajstić information content (AvgIpc) is 2.95. The molecule has 0 radical (unpaired) electrons. The fraction of sp³-hybridized carbons (Fsp3) is 0.533. The Labute approximate surface area is 237 Å². The molecule has 0 saturated heterocycles. The van der Waals surface area contributed by atoms with Crippen LogP contribution in [0.2, 0.25) is 0 Å². The fourth-order valence-electron chi connectivity index (χ4n) is 4.03. The van der Waals surface area contributed by atoms with Gasteiger partial charge in [-0.1, -0.05) is 68.0 Å². The highest BCUT2D eigenvalue weighted by Gasteiger charge is 2.27. The normalized spacial score (nSPS) is 16.2. The van der Waals surface area contributed by atoms with Gasteiger partial charge in [-0.05, 0) is 32.3 Å². The van der Waals surface area contributed by atoms with E-state index < -0.39 is 47.8 Å². The first-order valence-electron chi connectivity index (χ1n) is 13.4. The largest absolute Gasteiger partial charge is 0.467 e. The van der Waals surface area contributed by atoms with Crippen molar-refractivity contribution in [2.75, 3.05) is 21.3 Å². The molecule has 10 nitrogen and oxygen atoms in total. The third-order valence-corrected chi connectivity index (χ3v) is 6.66. The lowest BCUT2D eigenvalue weighted by Crippen LogP contribution is -2.48. The highest BCUT2D eigenvalue weighted by molar-refractivity contribution is 5.87. The number of benzene rings is 1. The molecule has 222 valence electrons. The second kappa shape index (κ2) is 18.0.